The van der Waals surface area contributed by atoms with Gasteiger partial charge in [-0.1, -0.05) is 12.1 Å². The van der Waals surface area contributed by atoms with Crippen molar-refractivity contribution in [3.8, 4) is 10.6 Å². The van der Waals surface area contributed by atoms with Crippen molar-refractivity contribution in [1.82, 2.24) is 15.0 Å². The van der Waals surface area contributed by atoms with Gasteiger partial charge in [0.05, 0.1) is 23.4 Å². The van der Waals surface area contributed by atoms with Crippen molar-refractivity contribution < 1.29 is 4.74 Å². The third-order valence-electron chi connectivity index (χ3n) is 3.75. The van der Waals surface area contributed by atoms with Crippen LogP contribution in [0, 0.1) is 0 Å². The molecular formula is C15H15N5O2S. The van der Waals surface area contributed by atoms with E-state index < -0.39 is 0 Å². The van der Waals surface area contributed by atoms with Gasteiger partial charge in [-0.15, -0.1) is 11.3 Å². The predicted octanol–water partition coefficient (Wildman–Crippen LogP) is 1.47. The Bertz CT molecular complexity index is 881. The minimum absolute atomic E-state index is 0.203. The minimum atomic E-state index is -0.266. The number of nitrogen functional groups attached to an aromatic ring is 1. The number of nitrogens with two attached hydrogens (primary N) is 1. The highest BCUT2D eigenvalue weighted by molar-refractivity contribution is 7.21. The third kappa shape index (κ3) is 2.55. The molecule has 0 bridgehead atoms. The van der Waals surface area contributed by atoms with E-state index in [1.807, 2.05) is 29.2 Å². The second-order valence-corrected chi connectivity index (χ2v) is 6.27. The first-order valence-corrected chi connectivity index (χ1v) is 8.12. The topological polar surface area (TPSA) is 97.1 Å². The van der Waals surface area contributed by atoms with Crippen molar-refractivity contribution in [3.05, 3.63) is 34.6 Å². The zero-order valence-corrected chi connectivity index (χ0v) is 13.1. The normalized spacial score (nSPS) is 15.2. The molecule has 1 fully saturated rings. The summed E-state index contributed by atoms with van der Waals surface area (Å²) in [5.41, 5.74) is 6.98. The van der Waals surface area contributed by atoms with Crippen molar-refractivity contribution >= 4 is 33.3 Å². The van der Waals surface area contributed by atoms with E-state index in [1.165, 1.54) is 11.3 Å². The lowest BCUT2D eigenvalue weighted by Crippen LogP contribution is -2.38. The lowest BCUT2D eigenvalue weighted by atomic mass is 10.3. The number of rotatable bonds is 2. The summed E-state index contributed by atoms with van der Waals surface area (Å²) in [5, 5.41) is 0.589. The van der Waals surface area contributed by atoms with E-state index >= 15 is 0 Å². The molecule has 3 heterocycles. The lowest BCUT2D eigenvalue weighted by Gasteiger charge is -2.27. The molecular weight excluding hydrogens is 314 g/mol. The van der Waals surface area contributed by atoms with Gasteiger partial charge in [0.1, 0.15) is 16.4 Å². The second kappa shape index (κ2) is 5.64. The summed E-state index contributed by atoms with van der Waals surface area (Å²) < 4.78 is 6.32. The molecule has 8 heteroatoms. The molecule has 23 heavy (non-hydrogen) atoms. The summed E-state index contributed by atoms with van der Waals surface area (Å²) in [6, 6.07) is 7.74. The van der Waals surface area contributed by atoms with Gasteiger partial charge < -0.3 is 15.4 Å². The van der Waals surface area contributed by atoms with Crippen molar-refractivity contribution in [2.75, 3.05) is 36.9 Å². The highest BCUT2D eigenvalue weighted by Gasteiger charge is 2.19. The number of thiazole rings is 1. The average Bonchev–Trinajstić information content (AvgIpc) is 2.98. The first-order valence-electron chi connectivity index (χ1n) is 7.31. The summed E-state index contributed by atoms with van der Waals surface area (Å²) in [6.45, 7) is 2.60. The van der Waals surface area contributed by atoms with E-state index in [1.54, 1.807) is 0 Å². The average molecular weight is 329 g/mol. The summed E-state index contributed by atoms with van der Waals surface area (Å²) >= 11 is 1.44. The van der Waals surface area contributed by atoms with Gasteiger partial charge in [-0.05, 0) is 12.1 Å². The lowest BCUT2D eigenvalue weighted by molar-refractivity contribution is 0.122. The molecule has 1 saturated heterocycles. The second-order valence-electron chi connectivity index (χ2n) is 5.24. The number of nitrogens with zero attached hydrogens (tertiary/aromatic N) is 3. The van der Waals surface area contributed by atoms with Gasteiger partial charge in [0.15, 0.2) is 0 Å². The number of anilines is 2. The maximum Gasteiger partial charge on any atom is 0.264 e. The van der Waals surface area contributed by atoms with Gasteiger partial charge in [0.2, 0.25) is 5.95 Å². The summed E-state index contributed by atoms with van der Waals surface area (Å²) in [4.78, 5) is 26.2. The molecule has 3 aromatic rings. The molecule has 4 rings (SSSR count). The number of para-hydroxylation sites is 1. The van der Waals surface area contributed by atoms with E-state index in [0.29, 0.717) is 42.8 Å². The summed E-state index contributed by atoms with van der Waals surface area (Å²) in [6.07, 6.45) is 0. The maximum absolute atomic E-state index is 12.5. The highest BCUT2D eigenvalue weighted by Crippen LogP contribution is 2.30. The van der Waals surface area contributed by atoms with Crippen molar-refractivity contribution in [2.24, 2.45) is 0 Å². The first kappa shape index (κ1) is 14.2. The smallest absolute Gasteiger partial charge is 0.264 e. The van der Waals surface area contributed by atoms with Crippen molar-refractivity contribution in [2.45, 2.75) is 0 Å². The van der Waals surface area contributed by atoms with Crippen molar-refractivity contribution in [1.29, 1.82) is 0 Å². The van der Waals surface area contributed by atoms with Crippen LogP contribution in [-0.4, -0.2) is 41.3 Å². The number of nitrogens with one attached hydrogen (secondary N) is 1. The van der Waals surface area contributed by atoms with E-state index in [-0.39, 0.29) is 11.4 Å². The number of ether oxygens (including phenoxy) is 1. The van der Waals surface area contributed by atoms with Crippen LogP contribution in [0.25, 0.3) is 20.8 Å². The molecule has 1 aliphatic heterocycles. The fourth-order valence-corrected chi connectivity index (χ4v) is 3.61. The molecule has 118 valence electrons. The molecule has 0 spiro atoms. The van der Waals surface area contributed by atoms with Gasteiger partial charge in [-0.2, -0.15) is 4.98 Å². The van der Waals surface area contributed by atoms with Crippen LogP contribution in [0.3, 0.4) is 0 Å². The van der Waals surface area contributed by atoms with Crippen LogP contribution < -0.4 is 16.2 Å². The number of aromatic amines is 1. The van der Waals surface area contributed by atoms with E-state index in [9.17, 15) is 4.79 Å². The quantitative estimate of drug-likeness (QED) is 0.739. The Morgan fingerprint density at radius 2 is 2.00 bits per heavy atom. The van der Waals surface area contributed by atoms with Gasteiger partial charge in [0, 0.05) is 13.1 Å². The number of hydrogen-bond donors (Lipinski definition) is 2. The fourth-order valence-electron chi connectivity index (χ4n) is 2.59. The maximum atomic E-state index is 12.5. The van der Waals surface area contributed by atoms with Crippen molar-refractivity contribution in [3.63, 3.8) is 0 Å². The minimum Gasteiger partial charge on any atom is -0.383 e. The zero-order valence-electron chi connectivity index (χ0n) is 12.3. The number of hydrogen-bond acceptors (Lipinski definition) is 7. The van der Waals surface area contributed by atoms with E-state index in [2.05, 4.69) is 15.0 Å². The van der Waals surface area contributed by atoms with Gasteiger partial charge in [-0.3, -0.25) is 9.78 Å². The molecule has 1 aliphatic rings. The molecule has 0 radical (unpaired) electrons. The van der Waals surface area contributed by atoms with Gasteiger partial charge in [-0.25, -0.2) is 4.98 Å². The highest BCUT2D eigenvalue weighted by atomic mass is 32.1. The molecule has 3 N–H and O–H groups in total. The van der Waals surface area contributed by atoms with Crippen LogP contribution in [0.4, 0.5) is 11.8 Å². The Balaban J connectivity index is 1.78. The molecule has 7 nitrogen and oxygen atoms in total. The molecule has 0 aliphatic carbocycles. The molecule has 0 amide bonds. The van der Waals surface area contributed by atoms with Crippen LogP contribution in [0.2, 0.25) is 0 Å². The Morgan fingerprint density at radius 3 is 2.74 bits per heavy atom. The first-order chi connectivity index (χ1) is 11.2. The van der Waals surface area contributed by atoms with Crippen LogP contribution in [0.1, 0.15) is 0 Å². The Morgan fingerprint density at radius 1 is 1.22 bits per heavy atom. The Labute approximate surface area is 135 Å². The summed E-state index contributed by atoms with van der Waals surface area (Å²) in [5.74, 6) is 0.690. The third-order valence-corrected chi connectivity index (χ3v) is 4.81. The number of morpholine rings is 1. The number of fused-ring (bicyclic) bond motifs is 1. The standard InChI is InChI=1S/C15H15N5O2S/c16-12-11(14-17-9-3-1-2-4-10(9)23-14)13(21)19-15(18-12)20-5-7-22-8-6-20/h1-4H,5-8H2,(H3,16,18,19,21). The van der Waals surface area contributed by atoms with E-state index in [4.69, 9.17) is 10.5 Å². The van der Waals surface area contributed by atoms with Crippen LogP contribution in [-0.2, 0) is 4.74 Å². The zero-order chi connectivity index (χ0) is 15.8. The number of H-pyrrole nitrogens is 1. The number of aromatic nitrogens is 3. The van der Waals surface area contributed by atoms with Crippen LogP contribution >= 0.6 is 11.3 Å². The molecule has 0 saturated carbocycles. The van der Waals surface area contributed by atoms with Gasteiger partial charge >= 0.3 is 0 Å². The fraction of sp³-hybridized carbons (Fsp3) is 0.267. The Hall–Kier alpha value is -2.45. The molecule has 0 atom stereocenters. The SMILES string of the molecule is Nc1nc(N2CCOCC2)[nH]c(=O)c1-c1nc2ccccc2s1. The largest absolute Gasteiger partial charge is 0.383 e. The van der Waals surface area contributed by atoms with Crippen LogP contribution in [0.15, 0.2) is 29.1 Å². The molecule has 0 unspecified atom stereocenters. The predicted molar refractivity (Wildman–Crippen MR) is 90.9 cm³/mol. The van der Waals surface area contributed by atoms with Gasteiger partial charge in [0.25, 0.3) is 5.56 Å². The number of benzene rings is 1. The molecule has 1 aromatic carbocycles. The molecule has 2 aromatic heterocycles. The summed E-state index contributed by atoms with van der Waals surface area (Å²) in [7, 11) is 0. The Kier molecular flexibility index (Phi) is 3.47. The van der Waals surface area contributed by atoms with Crippen LogP contribution in [0.5, 0.6) is 0 Å². The van der Waals surface area contributed by atoms with E-state index in [0.717, 1.165) is 10.2 Å². The monoisotopic (exact) mass is 329 g/mol.